The highest BCUT2D eigenvalue weighted by Crippen LogP contribution is 2.29. The number of aromatic nitrogens is 4. The molecular weight excluding hydrogens is 433 g/mol. The molecule has 174 valence electrons. The van der Waals surface area contributed by atoms with Gasteiger partial charge in [0, 0.05) is 54.9 Å². The second-order valence-corrected chi connectivity index (χ2v) is 8.29. The Hall–Kier alpha value is -3.66. The first-order valence-electron chi connectivity index (χ1n) is 11.2. The number of carbonyl (C=O) groups is 1. The van der Waals surface area contributed by atoms with E-state index in [-0.39, 0.29) is 18.0 Å². The van der Waals surface area contributed by atoms with E-state index >= 15 is 4.39 Å². The summed E-state index contributed by atoms with van der Waals surface area (Å²) in [4.78, 5) is 22.1. The molecule has 9 heteroatoms. The summed E-state index contributed by atoms with van der Waals surface area (Å²) in [5, 5.41) is 6.37. The normalized spacial score (nSPS) is 15.9. The molecule has 0 aliphatic carbocycles. The fraction of sp³-hybridized carbons (Fsp3) is 0.240. The predicted molar refractivity (Wildman–Crippen MR) is 126 cm³/mol. The number of nitrogens with one attached hydrogen (secondary N) is 2. The molecule has 1 aliphatic rings. The summed E-state index contributed by atoms with van der Waals surface area (Å²) in [7, 11) is 1.84. The van der Waals surface area contributed by atoms with Crippen molar-refractivity contribution in [3.05, 3.63) is 95.3 Å². The predicted octanol–water partition coefficient (Wildman–Crippen LogP) is 2.79. The minimum atomic E-state index is -0.459. The van der Waals surface area contributed by atoms with Crippen molar-refractivity contribution in [2.75, 3.05) is 7.05 Å². The monoisotopic (exact) mass is 459 g/mol. The fourth-order valence-electron chi connectivity index (χ4n) is 4.44. The molecule has 34 heavy (non-hydrogen) atoms. The number of hydrogen-bond donors (Lipinski definition) is 3. The number of halogens is 1. The number of carbonyl (C=O) groups excluding carboxylic acids is 1. The number of Topliss-reactive ketones (excluding diaryl/α,β-unsaturated/α-hetero) is 1. The van der Waals surface area contributed by atoms with E-state index in [1.165, 1.54) is 6.07 Å². The van der Waals surface area contributed by atoms with Gasteiger partial charge in [-0.25, -0.2) is 14.4 Å². The van der Waals surface area contributed by atoms with Gasteiger partial charge in [0.1, 0.15) is 23.7 Å². The first-order valence-corrected chi connectivity index (χ1v) is 11.2. The minimum Gasteiger partial charge on any atom is -0.326 e. The number of nitrogens with two attached hydrogens (primary N) is 1. The summed E-state index contributed by atoms with van der Waals surface area (Å²) < 4.78 is 18.9. The van der Waals surface area contributed by atoms with Gasteiger partial charge >= 0.3 is 0 Å². The SMILES string of the molecule is CNCc1nccn1-c1ccc(C2CC(=O)c3c(ncn3-c3cccc(CN)c3)CN2)c(F)c1. The lowest BCUT2D eigenvalue weighted by molar-refractivity contribution is 0.0966. The van der Waals surface area contributed by atoms with Gasteiger partial charge in [0.25, 0.3) is 0 Å². The molecule has 8 nitrogen and oxygen atoms in total. The Bertz CT molecular complexity index is 1340. The third-order valence-corrected chi connectivity index (χ3v) is 6.13. The van der Waals surface area contributed by atoms with Crippen LogP contribution in [0.15, 0.2) is 61.2 Å². The third kappa shape index (κ3) is 4.05. The smallest absolute Gasteiger partial charge is 0.183 e. The Balaban J connectivity index is 1.42. The van der Waals surface area contributed by atoms with E-state index in [1.807, 2.05) is 41.9 Å². The van der Waals surface area contributed by atoms with Gasteiger partial charge in [-0.1, -0.05) is 18.2 Å². The molecule has 2 aromatic heterocycles. The number of rotatable bonds is 6. The van der Waals surface area contributed by atoms with Crippen molar-refractivity contribution in [2.45, 2.75) is 32.1 Å². The molecule has 0 amide bonds. The summed E-state index contributed by atoms with van der Waals surface area (Å²) in [5.41, 5.74) is 9.88. The molecule has 1 atom stereocenters. The van der Waals surface area contributed by atoms with Crippen molar-refractivity contribution in [3.63, 3.8) is 0 Å². The van der Waals surface area contributed by atoms with Gasteiger partial charge in [-0.15, -0.1) is 0 Å². The van der Waals surface area contributed by atoms with Crippen LogP contribution in [0.1, 0.15) is 45.6 Å². The van der Waals surface area contributed by atoms with Crippen LogP contribution in [0.2, 0.25) is 0 Å². The third-order valence-electron chi connectivity index (χ3n) is 6.13. The summed E-state index contributed by atoms with van der Waals surface area (Å²) in [6.07, 6.45) is 5.27. The van der Waals surface area contributed by atoms with E-state index in [2.05, 4.69) is 20.6 Å². The minimum absolute atomic E-state index is 0.0879. The fourth-order valence-corrected chi connectivity index (χ4v) is 4.44. The molecule has 3 heterocycles. The second kappa shape index (κ2) is 9.30. The molecule has 1 unspecified atom stereocenters. The van der Waals surface area contributed by atoms with Gasteiger partial charge in [0.15, 0.2) is 5.78 Å². The first-order chi connectivity index (χ1) is 16.6. The maximum absolute atomic E-state index is 15.3. The number of benzene rings is 2. The molecule has 2 aromatic carbocycles. The van der Waals surface area contributed by atoms with Crippen LogP contribution in [-0.2, 0) is 19.6 Å². The topological polar surface area (TPSA) is 103 Å². The van der Waals surface area contributed by atoms with Crippen LogP contribution in [0.5, 0.6) is 0 Å². The molecule has 5 rings (SSSR count). The maximum atomic E-state index is 15.3. The molecule has 0 fully saturated rings. The van der Waals surface area contributed by atoms with Crippen molar-refractivity contribution in [2.24, 2.45) is 5.73 Å². The Labute approximate surface area is 196 Å². The maximum Gasteiger partial charge on any atom is 0.183 e. The first kappa shape index (κ1) is 22.1. The summed E-state index contributed by atoms with van der Waals surface area (Å²) in [5.74, 6) is 0.328. The molecule has 0 radical (unpaired) electrons. The van der Waals surface area contributed by atoms with E-state index in [4.69, 9.17) is 5.73 Å². The van der Waals surface area contributed by atoms with Gasteiger partial charge in [-0.3, -0.25) is 9.36 Å². The molecule has 0 saturated heterocycles. The Morgan fingerprint density at radius 1 is 1.18 bits per heavy atom. The highest BCUT2D eigenvalue weighted by molar-refractivity contribution is 5.97. The van der Waals surface area contributed by atoms with E-state index in [0.29, 0.717) is 42.3 Å². The largest absolute Gasteiger partial charge is 0.326 e. The summed E-state index contributed by atoms with van der Waals surface area (Å²) >= 11 is 0. The van der Waals surface area contributed by atoms with E-state index < -0.39 is 6.04 Å². The molecule has 0 spiro atoms. The average Bonchev–Trinajstić information content (AvgIpc) is 3.46. The van der Waals surface area contributed by atoms with Crippen molar-refractivity contribution < 1.29 is 9.18 Å². The Morgan fingerprint density at radius 3 is 2.82 bits per heavy atom. The molecule has 1 aliphatic heterocycles. The highest BCUT2D eigenvalue weighted by atomic mass is 19.1. The van der Waals surface area contributed by atoms with E-state index in [9.17, 15) is 4.79 Å². The van der Waals surface area contributed by atoms with Crippen LogP contribution in [0, 0.1) is 5.82 Å². The lowest BCUT2D eigenvalue weighted by Crippen LogP contribution is -2.22. The zero-order valence-corrected chi connectivity index (χ0v) is 18.8. The lowest BCUT2D eigenvalue weighted by Gasteiger charge is -2.18. The van der Waals surface area contributed by atoms with Gasteiger partial charge in [0.2, 0.25) is 0 Å². The standard InChI is InChI=1S/C25H26FN7O/c1-28-14-24-29-7-8-32(24)18-5-6-19(20(26)10-18)21-11-23(34)25-22(13-30-21)31-15-33(25)17-4-2-3-16(9-17)12-27/h2-10,15,21,28,30H,11-14,27H2,1H3. The van der Waals surface area contributed by atoms with Gasteiger partial charge < -0.3 is 20.9 Å². The van der Waals surface area contributed by atoms with Crippen molar-refractivity contribution in [1.82, 2.24) is 29.7 Å². The second-order valence-electron chi connectivity index (χ2n) is 8.29. The number of hydrogen-bond acceptors (Lipinski definition) is 6. The molecular formula is C25H26FN7O. The summed E-state index contributed by atoms with van der Waals surface area (Å²) in [6.45, 7) is 1.34. The van der Waals surface area contributed by atoms with Crippen molar-refractivity contribution in [3.8, 4) is 11.4 Å². The van der Waals surface area contributed by atoms with Gasteiger partial charge in [-0.2, -0.15) is 0 Å². The zero-order valence-electron chi connectivity index (χ0n) is 18.8. The van der Waals surface area contributed by atoms with Crippen LogP contribution in [0.3, 0.4) is 0 Å². The Morgan fingerprint density at radius 2 is 2.03 bits per heavy atom. The Kier molecular flexibility index (Phi) is 6.06. The van der Waals surface area contributed by atoms with Crippen molar-refractivity contribution in [1.29, 1.82) is 0 Å². The zero-order chi connectivity index (χ0) is 23.7. The number of nitrogens with zero attached hydrogens (tertiary/aromatic N) is 4. The molecule has 4 N–H and O–H groups in total. The van der Waals surface area contributed by atoms with Crippen LogP contribution in [-0.4, -0.2) is 31.9 Å². The highest BCUT2D eigenvalue weighted by Gasteiger charge is 2.29. The molecule has 4 aromatic rings. The van der Waals surface area contributed by atoms with E-state index in [1.54, 1.807) is 29.4 Å². The van der Waals surface area contributed by atoms with E-state index in [0.717, 1.165) is 17.1 Å². The number of ketones is 1. The quantitative estimate of drug-likeness (QED) is 0.410. The average molecular weight is 460 g/mol. The molecule has 0 bridgehead atoms. The van der Waals surface area contributed by atoms with Crippen molar-refractivity contribution >= 4 is 5.78 Å². The summed E-state index contributed by atoms with van der Waals surface area (Å²) in [6, 6.07) is 12.3. The number of imidazole rings is 2. The van der Waals surface area contributed by atoms with Gasteiger partial charge in [0.05, 0.1) is 12.2 Å². The van der Waals surface area contributed by atoms with Gasteiger partial charge in [-0.05, 0) is 36.9 Å². The lowest BCUT2D eigenvalue weighted by atomic mass is 10.00. The number of fused-ring (bicyclic) bond motifs is 1. The molecule has 0 saturated carbocycles. The van der Waals surface area contributed by atoms with Crippen LogP contribution in [0.25, 0.3) is 11.4 Å². The van der Waals surface area contributed by atoms with Crippen LogP contribution in [0.4, 0.5) is 4.39 Å². The van der Waals surface area contributed by atoms with Crippen LogP contribution >= 0.6 is 0 Å². The van der Waals surface area contributed by atoms with Crippen LogP contribution < -0.4 is 16.4 Å².